The quantitative estimate of drug-likeness (QED) is 0.831. The fourth-order valence-corrected chi connectivity index (χ4v) is 1.77. The van der Waals surface area contributed by atoms with Gasteiger partial charge in [0.05, 0.1) is 23.9 Å². The van der Waals surface area contributed by atoms with Gasteiger partial charge in [-0.05, 0) is 30.3 Å². The first-order valence-electron chi connectivity index (χ1n) is 5.82. The van der Waals surface area contributed by atoms with Crippen molar-refractivity contribution in [2.45, 2.75) is 0 Å². The number of nitrogens with two attached hydrogens (primary N) is 1. The molecule has 0 atom stereocenters. The van der Waals surface area contributed by atoms with Gasteiger partial charge in [0, 0.05) is 17.4 Å². The van der Waals surface area contributed by atoms with E-state index in [9.17, 15) is 0 Å². The fraction of sp³-hybridized carbons (Fsp3) is 0.0667. The molecule has 2 aromatic rings. The molecule has 0 spiro atoms. The molecular weight excluding hydrogens is 252 g/mol. The number of nitrogens with one attached hydrogen (secondary N) is 1. The molecule has 0 aromatic heterocycles. The van der Waals surface area contributed by atoms with Crippen LogP contribution in [-0.4, -0.2) is 7.11 Å². The van der Waals surface area contributed by atoms with Crippen LogP contribution in [0, 0.1) is 22.7 Å². The average molecular weight is 264 g/mol. The smallest absolute Gasteiger partial charge is 0.143 e. The van der Waals surface area contributed by atoms with Gasteiger partial charge in [-0.15, -0.1) is 0 Å². The lowest BCUT2D eigenvalue weighted by atomic mass is 10.1. The van der Waals surface area contributed by atoms with Crippen molar-refractivity contribution in [1.29, 1.82) is 10.5 Å². The van der Waals surface area contributed by atoms with Crippen LogP contribution in [0.3, 0.4) is 0 Å². The molecule has 0 fully saturated rings. The summed E-state index contributed by atoms with van der Waals surface area (Å²) in [5.74, 6) is 0.573. The summed E-state index contributed by atoms with van der Waals surface area (Å²) in [5.41, 5.74) is 8.48. The van der Waals surface area contributed by atoms with Gasteiger partial charge in [-0.25, -0.2) is 0 Å². The molecule has 5 nitrogen and oxygen atoms in total. The topological polar surface area (TPSA) is 94.9 Å². The van der Waals surface area contributed by atoms with Gasteiger partial charge in [0.1, 0.15) is 17.9 Å². The summed E-state index contributed by atoms with van der Waals surface area (Å²) < 4.78 is 5.14. The van der Waals surface area contributed by atoms with Gasteiger partial charge in [-0.2, -0.15) is 10.5 Å². The maximum absolute atomic E-state index is 8.99. The highest BCUT2D eigenvalue weighted by atomic mass is 16.5. The predicted molar refractivity (Wildman–Crippen MR) is 76.6 cm³/mol. The van der Waals surface area contributed by atoms with Crippen LogP contribution in [-0.2, 0) is 0 Å². The summed E-state index contributed by atoms with van der Waals surface area (Å²) in [7, 11) is 1.55. The number of hydrogen-bond acceptors (Lipinski definition) is 5. The maximum atomic E-state index is 8.99. The summed E-state index contributed by atoms with van der Waals surface area (Å²) in [5, 5.41) is 21.0. The molecule has 0 aliphatic rings. The Balaban J connectivity index is 2.31. The summed E-state index contributed by atoms with van der Waals surface area (Å²) in [6.07, 6.45) is 0. The SMILES string of the molecule is COc1cc(Nc2ccc(C#N)c(C#N)c2)ccc1N. The Morgan fingerprint density at radius 3 is 2.30 bits per heavy atom. The van der Waals surface area contributed by atoms with Gasteiger partial charge < -0.3 is 15.8 Å². The van der Waals surface area contributed by atoms with Crippen molar-refractivity contribution in [3.05, 3.63) is 47.5 Å². The molecule has 0 aliphatic carbocycles. The Morgan fingerprint density at radius 2 is 1.65 bits per heavy atom. The Bertz CT molecular complexity index is 726. The van der Waals surface area contributed by atoms with Crippen LogP contribution < -0.4 is 15.8 Å². The van der Waals surface area contributed by atoms with Gasteiger partial charge in [-0.3, -0.25) is 0 Å². The van der Waals surface area contributed by atoms with Gasteiger partial charge in [0.15, 0.2) is 0 Å². The largest absolute Gasteiger partial charge is 0.495 e. The summed E-state index contributed by atoms with van der Waals surface area (Å²) in [4.78, 5) is 0. The zero-order chi connectivity index (χ0) is 14.5. The molecule has 0 amide bonds. The molecule has 0 unspecified atom stereocenters. The Morgan fingerprint density at radius 1 is 1.00 bits per heavy atom. The van der Waals surface area contributed by atoms with E-state index in [-0.39, 0.29) is 0 Å². The lowest BCUT2D eigenvalue weighted by Crippen LogP contribution is -1.96. The number of rotatable bonds is 3. The van der Waals surface area contributed by atoms with E-state index in [1.807, 2.05) is 18.2 Å². The number of ether oxygens (including phenoxy) is 1. The number of methoxy groups -OCH3 is 1. The minimum atomic E-state index is 0.333. The molecule has 0 saturated heterocycles. The van der Waals surface area contributed by atoms with Crippen LogP contribution in [0.1, 0.15) is 11.1 Å². The molecule has 5 heteroatoms. The van der Waals surface area contributed by atoms with Crippen LogP contribution in [0.4, 0.5) is 17.1 Å². The third-order valence-electron chi connectivity index (χ3n) is 2.78. The minimum absolute atomic E-state index is 0.333. The minimum Gasteiger partial charge on any atom is -0.495 e. The first-order valence-corrected chi connectivity index (χ1v) is 5.82. The number of nitriles is 2. The highest BCUT2D eigenvalue weighted by Gasteiger charge is 2.05. The Hall–Kier alpha value is -3.18. The van der Waals surface area contributed by atoms with E-state index in [4.69, 9.17) is 21.0 Å². The standard InChI is InChI=1S/C15H12N4O/c1-20-15-7-13(4-5-14(15)18)19-12-3-2-10(8-16)11(6-12)9-17/h2-7,19H,18H2,1H3. The van der Waals surface area contributed by atoms with Crippen molar-refractivity contribution < 1.29 is 4.74 Å². The number of anilines is 3. The molecule has 2 rings (SSSR count). The first kappa shape index (κ1) is 13.3. The lowest BCUT2D eigenvalue weighted by Gasteiger charge is -2.10. The zero-order valence-corrected chi connectivity index (χ0v) is 10.8. The van der Waals surface area contributed by atoms with Crippen molar-refractivity contribution in [1.82, 2.24) is 0 Å². The molecule has 0 aliphatic heterocycles. The number of benzene rings is 2. The van der Waals surface area contributed by atoms with E-state index in [1.165, 1.54) is 0 Å². The van der Waals surface area contributed by atoms with Crippen LogP contribution in [0.15, 0.2) is 36.4 Å². The average Bonchev–Trinajstić information content (AvgIpc) is 2.49. The fourth-order valence-electron chi connectivity index (χ4n) is 1.77. The highest BCUT2D eigenvalue weighted by molar-refractivity contribution is 5.68. The predicted octanol–water partition coefficient (Wildman–Crippen LogP) is 2.76. The second-order valence-electron chi connectivity index (χ2n) is 4.07. The van der Waals surface area contributed by atoms with Crippen LogP contribution in [0.5, 0.6) is 5.75 Å². The van der Waals surface area contributed by atoms with Crippen LogP contribution in [0.25, 0.3) is 0 Å². The molecule has 0 heterocycles. The van der Waals surface area contributed by atoms with Gasteiger partial charge in [0.25, 0.3) is 0 Å². The van der Waals surface area contributed by atoms with Crippen molar-refractivity contribution in [2.75, 3.05) is 18.2 Å². The number of nitrogens with zero attached hydrogens (tertiary/aromatic N) is 2. The molecular formula is C15H12N4O. The van der Waals surface area contributed by atoms with Crippen molar-refractivity contribution >= 4 is 17.1 Å². The number of hydrogen-bond donors (Lipinski definition) is 2. The third-order valence-corrected chi connectivity index (χ3v) is 2.78. The molecule has 98 valence electrons. The highest BCUT2D eigenvalue weighted by Crippen LogP contribution is 2.27. The molecule has 3 N–H and O–H groups in total. The van der Waals surface area contributed by atoms with E-state index in [2.05, 4.69) is 5.32 Å². The van der Waals surface area contributed by atoms with Crippen molar-refractivity contribution in [3.8, 4) is 17.9 Å². The second-order valence-corrected chi connectivity index (χ2v) is 4.07. The Kier molecular flexibility index (Phi) is 3.74. The lowest BCUT2D eigenvalue weighted by molar-refractivity contribution is 0.417. The maximum Gasteiger partial charge on any atom is 0.143 e. The van der Waals surface area contributed by atoms with Crippen LogP contribution in [0.2, 0.25) is 0 Å². The first-order chi connectivity index (χ1) is 9.67. The monoisotopic (exact) mass is 264 g/mol. The van der Waals surface area contributed by atoms with E-state index >= 15 is 0 Å². The van der Waals surface area contributed by atoms with Crippen molar-refractivity contribution in [3.63, 3.8) is 0 Å². The van der Waals surface area contributed by atoms with E-state index in [0.29, 0.717) is 28.3 Å². The molecule has 0 radical (unpaired) electrons. The van der Waals surface area contributed by atoms with Gasteiger partial charge >= 0.3 is 0 Å². The molecule has 2 aromatic carbocycles. The molecule has 20 heavy (non-hydrogen) atoms. The van der Waals surface area contributed by atoms with Crippen LogP contribution >= 0.6 is 0 Å². The second kappa shape index (κ2) is 5.64. The zero-order valence-electron chi connectivity index (χ0n) is 10.8. The van der Waals surface area contributed by atoms with E-state index in [1.54, 1.807) is 37.4 Å². The third kappa shape index (κ3) is 2.63. The van der Waals surface area contributed by atoms with Gasteiger partial charge in [-0.1, -0.05) is 0 Å². The summed E-state index contributed by atoms with van der Waals surface area (Å²) in [6.45, 7) is 0. The molecule has 0 bridgehead atoms. The Labute approximate surface area is 116 Å². The summed E-state index contributed by atoms with van der Waals surface area (Å²) >= 11 is 0. The van der Waals surface area contributed by atoms with E-state index < -0.39 is 0 Å². The number of nitrogen functional groups attached to an aromatic ring is 1. The van der Waals surface area contributed by atoms with Gasteiger partial charge in [0.2, 0.25) is 0 Å². The van der Waals surface area contributed by atoms with Crippen molar-refractivity contribution in [2.24, 2.45) is 0 Å². The molecule has 0 saturated carbocycles. The normalized spacial score (nSPS) is 9.35. The summed E-state index contributed by atoms with van der Waals surface area (Å²) in [6, 6.07) is 14.2. The van der Waals surface area contributed by atoms with E-state index in [0.717, 1.165) is 5.69 Å².